The Balaban J connectivity index is 2.07. The Morgan fingerprint density at radius 2 is 1.85 bits per heavy atom. The molecule has 0 aliphatic rings. The number of aromatic nitrogens is 3. The standard InChI is InChI=1S/C16H13F6N5/c1-27-13(24)10(6-12(23)15(18,19)16(20,21)22)26-14(27)11-4-7-2-3-8(17)5-9(7)25-11/h2-6,25H,23-24H2,1H3/b12-6-. The lowest BCUT2D eigenvalue weighted by molar-refractivity contribution is -0.264. The summed E-state index contributed by atoms with van der Waals surface area (Å²) in [5.41, 5.74) is 9.45. The molecule has 0 saturated heterocycles. The molecule has 0 radical (unpaired) electrons. The third-order valence-electron chi connectivity index (χ3n) is 4.00. The average molecular weight is 389 g/mol. The molecule has 3 rings (SSSR count). The van der Waals surface area contributed by atoms with Crippen molar-refractivity contribution in [1.82, 2.24) is 14.5 Å². The summed E-state index contributed by atoms with van der Waals surface area (Å²) < 4.78 is 78.5. The Labute approximate surface area is 148 Å². The maximum atomic E-state index is 13.3. The molecule has 5 nitrogen and oxygen atoms in total. The fourth-order valence-corrected chi connectivity index (χ4v) is 2.50. The normalized spacial score (nSPS) is 13.5. The van der Waals surface area contributed by atoms with Crippen LogP contribution in [-0.4, -0.2) is 26.6 Å². The van der Waals surface area contributed by atoms with Crippen LogP contribution in [0.15, 0.2) is 30.0 Å². The van der Waals surface area contributed by atoms with Crippen LogP contribution in [0.2, 0.25) is 0 Å². The molecule has 2 heterocycles. The van der Waals surface area contributed by atoms with Gasteiger partial charge in [0.25, 0.3) is 0 Å². The number of alkyl halides is 5. The number of hydrogen-bond donors (Lipinski definition) is 3. The maximum absolute atomic E-state index is 13.3. The van der Waals surface area contributed by atoms with Crippen LogP contribution >= 0.6 is 0 Å². The minimum absolute atomic E-state index is 0.151. The van der Waals surface area contributed by atoms with Gasteiger partial charge in [0.05, 0.1) is 11.4 Å². The molecule has 2 aromatic heterocycles. The van der Waals surface area contributed by atoms with Crippen molar-refractivity contribution in [1.29, 1.82) is 0 Å². The zero-order valence-electron chi connectivity index (χ0n) is 13.7. The molecule has 5 N–H and O–H groups in total. The number of H-pyrrole nitrogens is 1. The van der Waals surface area contributed by atoms with Gasteiger partial charge < -0.3 is 21.0 Å². The monoisotopic (exact) mass is 389 g/mol. The van der Waals surface area contributed by atoms with Crippen LogP contribution in [0, 0.1) is 5.82 Å². The number of fused-ring (bicyclic) bond motifs is 1. The van der Waals surface area contributed by atoms with Gasteiger partial charge in [-0.1, -0.05) is 0 Å². The van der Waals surface area contributed by atoms with Crippen LogP contribution in [0.3, 0.4) is 0 Å². The molecule has 0 saturated carbocycles. The Bertz CT molecular complexity index is 1040. The SMILES string of the molecule is Cn1c(-c2cc3ccc(F)cc3[nH]2)nc(/C=C(\N)C(F)(F)C(F)(F)F)c1N. The molecule has 0 fully saturated rings. The van der Waals surface area contributed by atoms with E-state index < -0.39 is 23.6 Å². The first kappa shape index (κ1) is 18.7. The second kappa shape index (κ2) is 5.96. The van der Waals surface area contributed by atoms with E-state index in [1.807, 2.05) is 0 Å². The minimum Gasteiger partial charge on any atom is -0.397 e. The molecule has 11 heteroatoms. The van der Waals surface area contributed by atoms with Crippen LogP contribution in [0.5, 0.6) is 0 Å². The second-order valence-electron chi connectivity index (χ2n) is 5.85. The Morgan fingerprint density at radius 1 is 1.19 bits per heavy atom. The zero-order chi connectivity index (χ0) is 20.1. The molecule has 0 atom stereocenters. The molecule has 144 valence electrons. The second-order valence-corrected chi connectivity index (χ2v) is 5.85. The number of benzene rings is 1. The van der Waals surface area contributed by atoms with E-state index >= 15 is 0 Å². The molecule has 27 heavy (non-hydrogen) atoms. The van der Waals surface area contributed by atoms with Crippen LogP contribution in [0.4, 0.5) is 32.2 Å². The number of anilines is 1. The first-order chi connectivity index (χ1) is 12.4. The number of nitrogens with zero attached hydrogens (tertiary/aromatic N) is 2. The predicted molar refractivity (Wildman–Crippen MR) is 88.0 cm³/mol. The first-order valence-electron chi connectivity index (χ1n) is 7.45. The zero-order valence-corrected chi connectivity index (χ0v) is 13.7. The van der Waals surface area contributed by atoms with Gasteiger partial charge in [-0.15, -0.1) is 0 Å². The Hall–Kier alpha value is -3.11. The summed E-state index contributed by atoms with van der Waals surface area (Å²) in [6.45, 7) is 0. The van der Waals surface area contributed by atoms with Gasteiger partial charge in [0.2, 0.25) is 0 Å². The summed E-state index contributed by atoms with van der Waals surface area (Å²) in [7, 11) is 1.44. The lowest BCUT2D eigenvalue weighted by Gasteiger charge is -2.19. The number of aromatic amines is 1. The summed E-state index contributed by atoms with van der Waals surface area (Å²) in [5.74, 6) is -5.72. The molecule has 0 unspecified atom stereocenters. The van der Waals surface area contributed by atoms with Crippen molar-refractivity contribution in [2.45, 2.75) is 12.1 Å². The highest BCUT2D eigenvalue weighted by Gasteiger charge is 2.59. The van der Waals surface area contributed by atoms with Gasteiger partial charge in [-0.3, -0.25) is 0 Å². The highest BCUT2D eigenvalue weighted by atomic mass is 19.4. The number of nitrogen functional groups attached to an aromatic ring is 1. The Morgan fingerprint density at radius 3 is 2.48 bits per heavy atom. The van der Waals surface area contributed by atoms with E-state index in [4.69, 9.17) is 11.5 Å². The van der Waals surface area contributed by atoms with Crippen molar-refractivity contribution in [3.8, 4) is 11.5 Å². The third-order valence-corrected chi connectivity index (χ3v) is 4.00. The number of imidazole rings is 1. The quantitative estimate of drug-likeness (QED) is 0.596. The van der Waals surface area contributed by atoms with E-state index in [0.29, 0.717) is 22.7 Å². The van der Waals surface area contributed by atoms with Crippen LogP contribution in [0.1, 0.15) is 5.69 Å². The van der Waals surface area contributed by atoms with Crippen molar-refractivity contribution in [3.05, 3.63) is 41.5 Å². The topological polar surface area (TPSA) is 85.6 Å². The fraction of sp³-hybridized carbons (Fsp3) is 0.188. The first-order valence-corrected chi connectivity index (χ1v) is 7.45. The highest BCUT2D eigenvalue weighted by molar-refractivity contribution is 5.85. The smallest absolute Gasteiger partial charge is 0.397 e. The van der Waals surface area contributed by atoms with Crippen molar-refractivity contribution in [2.24, 2.45) is 12.8 Å². The van der Waals surface area contributed by atoms with Gasteiger partial charge in [0, 0.05) is 18.0 Å². The van der Waals surface area contributed by atoms with Crippen molar-refractivity contribution < 1.29 is 26.3 Å². The van der Waals surface area contributed by atoms with Crippen molar-refractivity contribution >= 4 is 22.8 Å². The largest absolute Gasteiger partial charge is 0.459 e. The molecule has 3 aromatic rings. The van der Waals surface area contributed by atoms with E-state index in [9.17, 15) is 26.3 Å². The lowest BCUT2D eigenvalue weighted by Crippen LogP contribution is -2.41. The molecule has 0 spiro atoms. The van der Waals surface area contributed by atoms with E-state index in [0.717, 1.165) is 0 Å². The van der Waals surface area contributed by atoms with E-state index in [1.165, 1.54) is 29.8 Å². The molecule has 0 bridgehead atoms. The molecular formula is C16H13F6N5. The maximum Gasteiger partial charge on any atom is 0.459 e. The van der Waals surface area contributed by atoms with Gasteiger partial charge in [0.1, 0.15) is 17.3 Å². The molecule has 0 aliphatic carbocycles. The number of nitrogens with two attached hydrogens (primary N) is 2. The number of halogens is 6. The van der Waals surface area contributed by atoms with Crippen molar-refractivity contribution in [2.75, 3.05) is 5.73 Å². The van der Waals surface area contributed by atoms with Gasteiger partial charge in [-0.2, -0.15) is 22.0 Å². The number of rotatable bonds is 3. The summed E-state index contributed by atoms with van der Waals surface area (Å²) >= 11 is 0. The van der Waals surface area contributed by atoms with Gasteiger partial charge in [0.15, 0.2) is 5.82 Å². The van der Waals surface area contributed by atoms with E-state index in [2.05, 4.69) is 9.97 Å². The van der Waals surface area contributed by atoms with Crippen molar-refractivity contribution in [3.63, 3.8) is 0 Å². The number of allylic oxidation sites excluding steroid dienone is 1. The van der Waals surface area contributed by atoms with E-state index in [1.54, 1.807) is 6.07 Å². The lowest BCUT2D eigenvalue weighted by atomic mass is 10.2. The summed E-state index contributed by atoms with van der Waals surface area (Å²) in [4.78, 5) is 6.87. The summed E-state index contributed by atoms with van der Waals surface area (Å²) in [6.07, 6.45) is -5.46. The molecule has 0 amide bonds. The van der Waals surface area contributed by atoms with Crippen LogP contribution in [-0.2, 0) is 7.05 Å². The van der Waals surface area contributed by atoms with Gasteiger partial charge >= 0.3 is 12.1 Å². The third kappa shape index (κ3) is 3.09. The predicted octanol–water partition coefficient (Wildman–Crippen LogP) is 3.79. The van der Waals surface area contributed by atoms with Gasteiger partial charge in [-0.25, -0.2) is 9.37 Å². The molecule has 1 aromatic carbocycles. The highest BCUT2D eigenvalue weighted by Crippen LogP contribution is 2.40. The minimum atomic E-state index is -5.85. The summed E-state index contributed by atoms with van der Waals surface area (Å²) in [5, 5.41) is 0.646. The fourth-order valence-electron chi connectivity index (χ4n) is 2.50. The number of hydrogen-bond acceptors (Lipinski definition) is 3. The van der Waals surface area contributed by atoms with E-state index in [-0.39, 0.29) is 17.3 Å². The molecule has 0 aliphatic heterocycles. The van der Waals surface area contributed by atoms with Crippen LogP contribution < -0.4 is 11.5 Å². The summed E-state index contributed by atoms with van der Waals surface area (Å²) in [6, 6.07) is 5.62. The van der Waals surface area contributed by atoms with Gasteiger partial charge in [-0.05, 0) is 30.3 Å². The molecular weight excluding hydrogens is 376 g/mol. The van der Waals surface area contributed by atoms with Crippen LogP contribution in [0.25, 0.3) is 28.5 Å². The number of nitrogens with one attached hydrogen (secondary N) is 1. The Kier molecular flexibility index (Phi) is 4.12. The average Bonchev–Trinajstić information content (AvgIpc) is 3.09.